The molecular formula is C17H11F3N2O3. The van der Waals surface area contributed by atoms with Gasteiger partial charge in [0.1, 0.15) is 0 Å². The topological polar surface area (TPSA) is 79.2 Å². The largest absolute Gasteiger partial charge is 0.452 e. The van der Waals surface area contributed by atoms with Crippen LogP contribution in [0.2, 0.25) is 0 Å². The molecule has 1 amide bonds. The smallest absolute Gasteiger partial charge is 0.416 e. The Kier molecular flexibility index (Phi) is 5.39. The average molecular weight is 348 g/mol. The highest BCUT2D eigenvalue weighted by atomic mass is 19.4. The van der Waals surface area contributed by atoms with Crippen LogP contribution in [0.25, 0.3) is 0 Å². The Morgan fingerprint density at radius 3 is 2.16 bits per heavy atom. The van der Waals surface area contributed by atoms with Crippen LogP contribution in [0.4, 0.5) is 18.9 Å². The highest BCUT2D eigenvalue weighted by Crippen LogP contribution is 2.29. The molecule has 0 saturated heterocycles. The minimum atomic E-state index is -4.50. The average Bonchev–Trinajstić information content (AvgIpc) is 2.59. The molecule has 25 heavy (non-hydrogen) atoms. The number of esters is 1. The van der Waals surface area contributed by atoms with Crippen molar-refractivity contribution >= 4 is 17.6 Å². The number of hydrogen-bond donors (Lipinski definition) is 1. The fourth-order valence-electron chi connectivity index (χ4n) is 1.83. The molecule has 128 valence electrons. The van der Waals surface area contributed by atoms with E-state index in [1.165, 1.54) is 24.3 Å². The zero-order chi connectivity index (χ0) is 18.4. The lowest BCUT2D eigenvalue weighted by Crippen LogP contribution is -2.21. The summed E-state index contributed by atoms with van der Waals surface area (Å²) in [5, 5.41) is 11.1. The number of nitrogens with one attached hydrogen (secondary N) is 1. The van der Waals surface area contributed by atoms with Gasteiger partial charge in [-0.1, -0.05) is 0 Å². The summed E-state index contributed by atoms with van der Waals surface area (Å²) < 4.78 is 42.1. The Hall–Kier alpha value is -3.34. The number of ether oxygens (including phenoxy) is 1. The SMILES string of the molecule is N#Cc1ccc(NC(=O)COC(=O)c2ccc(C(F)(F)F)cc2)cc1. The van der Waals surface area contributed by atoms with Crippen molar-refractivity contribution in [2.24, 2.45) is 0 Å². The van der Waals surface area contributed by atoms with E-state index in [0.717, 1.165) is 24.3 Å². The lowest BCUT2D eigenvalue weighted by molar-refractivity contribution is -0.137. The van der Waals surface area contributed by atoms with Gasteiger partial charge in [0.2, 0.25) is 0 Å². The summed E-state index contributed by atoms with van der Waals surface area (Å²) in [5.41, 5.74) is -0.150. The van der Waals surface area contributed by atoms with Gasteiger partial charge in [0.15, 0.2) is 6.61 Å². The molecule has 5 nitrogen and oxygen atoms in total. The molecule has 0 unspecified atom stereocenters. The number of benzene rings is 2. The van der Waals surface area contributed by atoms with E-state index >= 15 is 0 Å². The molecule has 0 radical (unpaired) electrons. The van der Waals surface area contributed by atoms with E-state index in [9.17, 15) is 22.8 Å². The van der Waals surface area contributed by atoms with E-state index in [1.54, 1.807) is 0 Å². The highest BCUT2D eigenvalue weighted by Gasteiger charge is 2.30. The van der Waals surface area contributed by atoms with E-state index in [-0.39, 0.29) is 5.56 Å². The lowest BCUT2D eigenvalue weighted by Gasteiger charge is -2.08. The number of carbonyl (C=O) groups excluding carboxylic acids is 2. The predicted octanol–water partition coefficient (Wildman–Crippen LogP) is 3.37. The van der Waals surface area contributed by atoms with Crippen LogP contribution in [0, 0.1) is 11.3 Å². The standard InChI is InChI=1S/C17H11F3N2O3/c18-17(19,20)13-5-3-12(4-6-13)16(24)25-10-15(23)22-14-7-1-11(9-21)2-8-14/h1-8H,10H2,(H,22,23). The van der Waals surface area contributed by atoms with Crippen LogP contribution in [-0.2, 0) is 15.7 Å². The molecule has 0 atom stereocenters. The fraction of sp³-hybridized carbons (Fsp3) is 0.118. The number of hydrogen-bond acceptors (Lipinski definition) is 4. The monoisotopic (exact) mass is 348 g/mol. The minimum Gasteiger partial charge on any atom is -0.452 e. The maximum atomic E-state index is 12.4. The molecule has 0 fully saturated rings. The van der Waals surface area contributed by atoms with Crippen LogP contribution in [0.5, 0.6) is 0 Å². The first-order valence-corrected chi connectivity index (χ1v) is 6.94. The van der Waals surface area contributed by atoms with Gasteiger partial charge in [-0.15, -0.1) is 0 Å². The second kappa shape index (κ2) is 7.49. The molecule has 2 rings (SSSR count). The quantitative estimate of drug-likeness (QED) is 0.859. The Morgan fingerprint density at radius 1 is 1.04 bits per heavy atom. The molecule has 0 aliphatic rings. The molecule has 8 heteroatoms. The second-order valence-electron chi connectivity index (χ2n) is 4.89. The summed E-state index contributed by atoms with van der Waals surface area (Å²) in [6.45, 7) is -0.597. The number of alkyl halides is 3. The van der Waals surface area contributed by atoms with Gasteiger partial charge in [-0.25, -0.2) is 4.79 Å². The van der Waals surface area contributed by atoms with Gasteiger partial charge in [0.25, 0.3) is 5.91 Å². The van der Waals surface area contributed by atoms with Gasteiger partial charge in [0, 0.05) is 5.69 Å². The molecule has 0 heterocycles. The van der Waals surface area contributed by atoms with Gasteiger partial charge in [-0.3, -0.25) is 4.79 Å². The van der Waals surface area contributed by atoms with E-state index in [1.807, 2.05) is 6.07 Å². The van der Waals surface area contributed by atoms with E-state index in [4.69, 9.17) is 10.00 Å². The predicted molar refractivity (Wildman–Crippen MR) is 81.5 cm³/mol. The van der Waals surface area contributed by atoms with Gasteiger partial charge >= 0.3 is 12.1 Å². The van der Waals surface area contributed by atoms with Crippen LogP contribution in [0.15, 0.2) is 48.5 Å². The van der Waals surface area contributed by atoms with E-state index in [0.29, 0.717) is 11.3 Å². The molecule has 0 spiro atoms. The molecule has 2 aromatic carbocycles. The van der Waals surface area contributed by atoms with E-state index in [2.05, 4.69) is 5.32 Å². The molecule has 0 aliphatic heterocycles. The Labute approximate surface area is 140 Å². The minimum absolute atomic E-state index is 0.0980. The van der Waals surface area contributed by atoms with Crippen molar-refractivity contribution in [3.05, 3.63) is 65.2 Å². The van der Waals surface area contributed by atoms with Crippen molar-refractivity contribution in [3.63, 3.8) is 0 Å². The first kappa shape index (κ1) is 18.0. The van der Waals surface area contributed by atoms with Gasteiger partial charge in [-0.05, 0) is 48.5 Å². The van der Waals surface area contributed by atoms with Crippen molar-refractivity contribution in [1.82, 2.24) is 0 Å². The second-order valence-corrected chi connectivity index (χ2v) is 4.89. The molecule has 0 aromatic heterocycles. The summed E-state index contributed by atoms with van der Waals surface area (Å²) in [5.74, 6) is -1.53. The maximum absolute atomic E-state index is 12.4. The van der Waals surface area contributed by atoms with Crippen molar-refractivity contribution in [3.8, 4) is 6.07 Å². The number of anilines is 1. The van der Waals surface area contributed by atoms with Crippen LogP contribution in [-0.4, -0.2) is 18.5 Å². The Morgan fingerprint density at radius 2 is 1.64 bits per heavy atom. The Bertz CT molecular complexity index is 807. The number of halogens is 3. The molecule has 0 aliphatic carbocycles. The highest BCUT2D eigenvalue weighted by molar-refractivity contribution is 5.95. The lowest BCUT2D eigenvalue weighted by atomic mass is 10.1. The van der Waals surface area contributed by atoms with Crippen LogP contribution >= 0.6 is 0 Å². The molecule has 0 bridgehead atoms. The maximum Gasteiger partial charge on any atom is 0.416 e. The number of nitriles is 1. The molecular weight excluding hydrogens is 337 g/mol. The zero-order valence-corrected chi connectivity index (χ0v) is 12.6. The molecule has 2 aromatic rings. The van der Waals surface area contributed by atoms with Crippen molar-refractivity contribution < 1.29 is 27.5 Å². The first-order valence-electron chi connectivity index (χ1n) is 6.94. The number of nitrogens with zero attached hydrogens (tertiary/aromatic N) is 1. The number of carbonyl (C=O) groups is 2. The third-order valence-electron chi connectivity index (χ3n) is 3.08. The number of amides is 1. The Balaban J connectivity index is 1.88. The van der Waals surface area contributed by atoms with Crippen molar-refractivity contribution in [1.29, 1.82) is 5.26 Å². The van der Waals surface area contributed by atoms with Crippen LogP contribution in [0.1, 0.15) is 21.5 Å². The third-order valence-corrected chi connectivity index (χ3v) is 3.08. The molecule has 1 N–H and O–H groups in total. The summed E-state index contributed by atoms with van der Waals surface area (Å²) >= 11 is 0. The fourth-order valence-corrected chi connectivity index (χ4v) is 1.83. The van der Waals surface area contributed by atoms with Crippen molar-refractivity contribution in [2.75, 3.05) is 11.9 Å². The van der Waals surface area contributed by atoms with Gasteiger partial charge in [0.05, 0.1) is 22.8 Å². The normalized spacial score (nSPS) is 10.6. The summed E-state index contributed by atoms with van der Waals surface area (Å²) in [6, 6.07) is 11.4. The van der Waals surface area contributed by atoms with Crippen LogP contribution < -0.4 is 5.32 Å². The summed E-state index contributed by atoms with van der Waals surface area (Å²) in [7, 11) is 0. The van der Waals surface area contributed by atoms with Crippen LogP contribution in [0.3, 0.4) is 0 Å². The van der Waals surface area contributed by atoms with Crippen molar-refractivity contribution in [2.45, 2.75) is 6.18 Å². The van der Waals surface area contributed by atoms with Gasteiger partial charge in [-0.2, -0.15) is 18.4 Å². The first-order chi connectivity index (χ1) is 11.8. The van der Waals surface area contributed by atoms with E-state index < -0.39 is 30.2 Å². The number of rotatable bonds is 4. The van der Waals surface area contributed by atoms with Gasteiger partial charge < -0.3 is 10.1 Å². The molecule has 0 saturated carbocycles. The summed E-state index contributed by atoms with van der Waals surface area (Å²) in [4.78, 5) is 23.4. The third kappa shape index (κ3) is 5.07. The zero-order valence-electron chi connectivity index (χ0n) is 12.6. The summed E-state index contributed by atoms with van der Waals surface area (Å²) in [6.07, 6.45) is -4.50.